The van der Waals surface area contributed by atoms with Crippen molar-refractivity contribution >= 4 is 21.8 Å². The largest absolute Gasteiger partial charge is 0.354 e. The van der Waals surface area contributed by atoms with E-state index in [1.165, 1.54) is 6.42 Å². The second-order valence-corrected chi connectivity index (χ2v) is 6.23. The average molecular weight is 324 g/mol. The molecule has 1 aliphatic carbocycles. The van der Waals surface area contributed by atoms with Crippen molar-refractivity contribution in [2.75, 3.05) is 13.2 Å². The highest BCUT2D eigenvalue weighted by molar-refractivity contribution is 9.10. The molecule has 3 rings (SSSR count). The molecule has 4 heteroatoms. The summed E-state index contributed by atoms with van der Waals surface area (Å²) in [5, 5.41) is 0. The minimum atomic E-state index is -0.317. The minimum absolute atomic E-state index is 0.104. The van der Waals surface area contributed by atoms with Crippen LogP contribution >= 0.6 is 15.9 Å². The normalized spacial score (nSPS) is 21.8. The molecule has 1 saturated carbocycles. The molecule has 1 aliphatic heterocycles. The quantitative estimate of drug-likeness (QED) is 0.790. The van der Waals surface area contributed by atoms with Crippen LogP contribution in [0.15, 0.2) is 28.7 Å². The molecule has 2 fully saturated rings. The van der Waals surface area contributed by atoms with Crippen molar-refractivity contribution in [1.82, 2.24) is 4.90 Å². The summed E-state index contributed by atoms with van der Waals surface area (Å²) in [4.78, 5) is 14.6. The monoisotopic (exact) mass is 323 g/mol. The standard InChI is InChI=1S/C15H18BrNO2/c16-13-6-4-12(5-7-13)14(18)17-10-11-19-15(17)8-2-1-3-9-15/h4-7H,1-3,8-11H2. The molecule has 1 saturated heterocycles. The van der Waals surface area contributed by atoms with Crippen LogP contribution in [0.4, 0.5) is 0 Å². The van der Waals surface area contributed by atoms with Gasteiger partial charge in [0.1, 0.15) is 5.72 Å². The molecule has 19 heavy (non-hydrogen) atoms. The van der Waals surface area contributed by atoms with Crippen LogP contribution in [0.5, 0.6) is 0 Å². The van der Waals surface area contributed by atoms with Gasteiger partial charge in [-0.3, -0.25) is 4.79 Å². The number of benzene rings is 1. The Kier molecular flexibility index (Phi) is 3.63. The molecule has 1 aromatic carbocycles. The van der Waals surface area contributed by atoms with Crippen LogP contribution in [-0.2, 0) is 4.74 Å². The predicted molar refractivity (Wildman–Crippen MR) is 76.9 cm³/mol. The number of hydrogen-bond donors (Lipinski definition) is 0. The molecule has 3 nitrogen and oxygen atoms in total. The van der Waals surface area contributed by atoms with E-state index in [0.717, 1.165) is 42.3 Å². The lowest BCUT2D eigenvalue weighted by Gasteiger charge is -2.40. The van der Waals surface area contributed by atoms with Crippen LogP contribution in [-0.4, -0.2) is 29.7 Å². The second kappa shape index (κ2) is 5.25. The third-order valence-corrected chi connectivity index (χ3v) is 4.68. The van der Waals surface area contributed by atoms with Crippen molar-refractivity contribution in [1.29, 1.82) is 0 Å². The van der Waals surface area contributed by atoms with Crippen molar-refractivity contribution in [3.8, 4) is 0 Å². The van der Waals surface area contributed by atoms with E-state index in [-0.39, 0.29) is 11.6 Å². The smallest absolute Gasteiger partial charge is 0.256 e. The van der Waals surface area contributed by atoms with Gasteiger partial charge in [-0.15, -0.1) is 0 Å². The van der Waals surface area contributed by atoms with Gasteiger partial charge in [0, 0.05) is 16.6 Å². The highest BCUT2D eigenvalue weighted by Gasteiger charge is 2.45. The summed E-state index contributed by atoms with van der Waals surface area (Å²) in [6.45, 7) is 1.39. The van der Waals surface area contributed by atoms with Crippen molar-refractivity contribution in [2.24, 2.45) is 0 Å². The molecule has 2 aliphatic rings. The lowest BCUT2D eigenvalue weighted by Crippen LogP contribution is -2.49. The summed E-state index contributed by atoms with van der Waals surface area (Å²) in [6.07, 6.45) is 5.53. The number of amides is 1. The number of carbonyl (C=O) groups is 1. The fraction of sp³-hybridized carbons (Fsp3) is 0.533. The summed E-state index contributed by atoms with van der Waals surface area (Å²) in [5.41, 5.74) is 0.432. The first kappa shape index (κ1) is 13.1. The van der Waals surface area contributed by atoms with Crippen molar-refractivity contribution in [2.45, 2.75) is 37.8 Å². The predicted octanol–water partition coefficient (Wildman–Crippen LogP) is 3.58. The van der Waals surface area contributed by atoms with Crippen LogP contribution < -0.4 is 0 Å². The second-order valence-electron chi connectivity index (χ2n) is 5.32. The first-order chi connectivity index (χ1) is 9.21. The van der Waals surface area contributed by atoms with E-state index in [1.807, 2.05) is 29.2 Å². The van der Waals surface area contributed by atoms with E-state index in [1.54, 1.807) is 0 Å². The molecule has 0 N–H and O–H groups in total. The molecule has 1 heterocycles. The third kappa shape index (κ3) is 2.43. The van der Waals surface area contributed by atoms with Crippen molar-refractivity contribution in [3.05, 3.63) is 34.3 Å². The summed E-state index contributed by atoms with van der Waals surface area (Å²) in [5.74, 6) is 0.104. The summed E-state index contributed by atoms with van der Waals surface area (Å²) in [7, 11) is 0. The number of ether oxygens (including phenoxy) is 1. The highest BCUT2D eigenvalue weighted by Crippen LogP contribution is 2.38. The van der Waals surface area contributed by atoms with Crippen molar-refractivity contribution < 1.29 is 9.53 Å². The van der Waals surface area contributed by atoms with Crippen LogP contribution in [0.3, 0.4) is 0 Å². The molecule has 1 spiro atoms. The Hall–Kier alpha value is -0.870. The lowest BCUT2D eigenvalue weighted by molar-refractivity contribution is -0.0919. The zero-order chi connectivity index (χ0) is 13.3. The Labute approximate surface area is 122 Å². The van der Waals surface area contributed by atoms with Crippen LogP contribution in [0.1, 0.15) is 42.5 Å². The van der Waals surface area contributed by atoms with E-state index in [4.69, 9.17) is 4.74 Å². The third-order valence-electron chi connectivity index (χ3n) is 4.15. The number of halogens is 1. The van der Waals surface area contributed by atoms with Gasteiger partial charge in [0.25, 0.3) is 5.91 Å². The minimum Gasteiger partial charge on any atom is -0.354 e. The highest BCUT2D eigenvalue weighted by atomic mass is 79.9. The van der Waals surface area contributed by atoms with Gasteiger partial charge in [-0.05, 0) is 49.9 Å². The molecule has 0 bridgehead atoms. The van der Waals surface area contributed by atoms with E-state index in [9.17, 15) is 4.79 Å². The maximum Gasteiger partial charge on any atom is 0.256 e. The van der Waals surface area contributed by atoms with E-state index < -0.39 is 0 Å². The molecule has 1 aromatic rings. The van der Waals surface area contributed by atoms with Gasteiger partial charge in [-0.25, -0.2) is 0 Å². The summed E-state index contributed by atoms with van der Waals surface area (Å²) < 4.78 is 6.95. The van der Waals surface area contributed by atoms with E-state index >= 15 is 0 Å². The Morgan fingerprint density at radius 1 is 1.16 bits per heavy atom. The number of nitrogens with zero attached hydrogens (tertiary/aromatic N) is 1. The van der Waals surface area contributed by atoms with Gasteiger partial charge < -0.3 is 9.64 Å². The topological polar surface area (TPSA) is 29.5 Å². The van der Waals surface area contributed by atoms with Crippen molar-refractivity contribution in [3.63, 3.8) is 0 Å². The first-order valence-electron chi connectivity index (χ1n) is 6.93. The molecular formula is C15H18BrNO2. The molecule has 0 unspecified atom stereocenters. The zero-order valence-electron chi connectivity index (χ0n) is 10.9. The molecule has 102 valence electrons. The Bertz CT molecular complexity index is 466. The van der Waals surface area contributed by atoms with Crippen LogP contribution in [0.25, 0.3) is 0 Å². The fourth-order valence-electron chi connectivity index (χ4n) is 3.16. The van der Waals surface area contributed by atoms with Crippen LogP contribution in [0, 0.1) is 0 Å². The fourth-order valence-corrected chi connectivity index (χ4v) is 3.43. The van der Waals surface area contributed by atoms with Gasteiger partial charge in [-0.1, -0.05) is 22.4 Å². The van der Waals surface area contributed by atoms with E-state index in [2.05, 4.69) is 15.9 Å². The number of rotatable bonds is 1. The first-order valence-corrected chi connectivity index (χ1v) is 7.72. The van der Waals surface area contributed by atoms with Gasteiger partial charge in [-0.2, -0.15) is 0 Å². The maximum absolute atomic E-state index is 12.7. The lowest BCUT2D eigenvalue weighted by atomic mass is 9.90. The molecule has 1 amide bonds. The summed E-state index contributed by atoms with van der Waals surface area (Å²) in [6, 6.07) is 7.58. The molecule has 0 radical (unpaired) electrons. The maximum atomic E-state index is 12.7. The Morgan fingerprint density at radius 2 is 1.84 bits per heavy atom. The van der Waals surface area contributed by atoms with Gasteiger partial charge in [0.2, 0.25) is 0 Å². The van der Waals surface area contributed by atoms with Gasteiger partial charge in [0.05, 0.1) is 6.61 Å². The molecular weight excluding hydrogens is 306 g/mol. The Balaban J connectivity index is 1.84. The zero-order valence-corrected chi connectivity index (χ0v) is 12.5. The average Bonchev–Trinajstić information content (AvgIpc) is 2.83. The van der Waals surface area contributed by atoms with Gasteiger partial charge in [0.15, 0.2) is 0 Å². The van der Waals surface area contributed by atoms with E-state index in [0.29, 0.717) is 6.61 Å². The molecule has 0 aromatic heterocycles. The van der Waals surface area contributed by atoms with Crippen LogP contribution in [0.2, 0.25) is 0 Å². The SMILES string of the molecule is O=C(c1ccc(Br)cc1)N1CCOC12CCCCC2. The summed E-state index contributed by atoms with van der Waals surface area (Å²) >= 11 is 3.40. The molecule has 0 atom stereocenters. The number of hydrogen-bond acceptors (Lipinski definition) is 2. The Morgan fingerprint density at radius 3 is 2.53 bits per heavy atom. The number of carbonyl (C=O) groups excluding carboxylic acids is 1. The van der Waals surface area contributed by atoms with Gasteiger partial charge >= 0.3 is 0 Å².